The number of hydrogen-bond acceptors (Lipinski definition) is 2. The molecule has 0 amide bonds. The van der Waals surface area contributed by atoms with Crippen LogP contribution in [-0.2, 0) is 0 Å². The molecule has 110 valence electrons. The molecule has 20 heavy (non-hydrogen) atoms. The van der Waals surface area contributed by atoms with Crippen molar-refractivity contribution < 1.29 is 9.50 Å². The standard InChI is InChI=1S/C17H24FNO/c1-12(20)14-8-9-17(15(18)11-14)19-10-4-6-13-5-2-3-7-16(13)19/h8-9,11-13,16,20H,2-7,10H2,1H3/t12-,13?,16?/m1/s1. The summed E-state index contributed by atoms with van der Waals surface area (Å²) < 4.78 is 14.4. The van der Waals surface area contributed by atoms with Crippen LogP contribution in [0.4, 0.5) is 10.1 Å². The number of benzene rings is 1. The van der Waals surface area contributed by atoms with Crippen molar-refractivity contribution in [2.45, 2.75) is 57.6 Å². The number of nitrogens with zero attached hydrogens (tertiary/aromatic N) is 1. The zero-order valence-electron chi connectivity index (χ0n) is 12.2. The van der Waals surface area contributed by atoms with Crippen molar-refractivity contribution >= 4 is 5.69 Å². The van der Waals surface area contributed by atoms with Crippen molar-refractivity contribution in [2.24, 2.45) is 5.92 Å². The van der Waals surface area contributed by atoms with Crippen LogP contribution in [0.2, 0.25) is 0 Å². The quantitative estimate of drug-likeness (QED) is 0.882. The maximum Gasteiger partial charge on any atom is 0.146 e. The van der Waals surface area contributed by atoms with Crippen molar-refractivity contribution in [3.05, 3.63) is 29.6 Å². The van der Waals surface area contributed by atoms with Gasteiger partial charge in [0.1, 0.15) is 5.82 Å². The zero-order chi connectivity index (χ0) is 14.1. The Labute approximate surface area is 120 Å². The average molecular weight is 277 g/mol. The van der Waals surface area contributed by atoms with Gasteiger partial charge in [-0.05, 0) is 56.2 Å². The summed E-state index contributed by atoms with van der Waals surface area (Å²) in [7, 11) is 0. The molecule has 0 radical (unpaired) electrons. The fourth-order valence-electron chi connectivity index (χ4n) is 3.94. The molecule has 3 atom stereocenters. The lowest BCUT2D eigenvalue weighted by Gasteiger charge is -2.45. The van der Waals surface area contributed by atoms with Crippen molar-refractivity contribution in [1.82, 2.24) is 0 Å². The molecule has 2 aliphatic rings. The summed E-state index contributed by atoms with van der Waals surface area (Å²) in [5.41, 5.74) is 1.38. The van der Waals surface area contributed by atoms with Crippen molar-refractivity contribution in [3.63, 3.8) is 0 Å². The minimum absolute atomic E-state index is 0.186. The van der Waals surface area contributed by atoms with Crippen molar-refractivity contribution in [1.29, 1.82) is 0 Å². The van der Waals surface area contributed by atoms with E-state index >= 15 is 0 Å². The molecule has 3 heteroatoms. The van der Waals surface area contributed by atoms with Crippen LogP contribution < -0.4 is 4.90 Å². The van der Waals surface area contributed by atoms with E-state index in [2.05, 4.69) is 4.90 Å². The highest BCUT2D eigenvalue weighted by atomic mass is 19.1. The Kier molecular flexibility index (Phi) is 3.97. The van der Waals surface area contributed by atoms with Gasteiger partial charge in [-0.3, -0.25) is 0 Å². The predicted molar refractivity (Wildman–Crippen MR) is 79.4 cm³/mol. The Hall–Kier alpha value is -1.09. The first-order chi connectivity index (χ1) is 9.66. The Morgan fingerprint density at radius 2 is 1.95 bits per heavy atom. The van der Waals surface area contributed by atoms with Gasteiger partial charge in [0.2, 0.25) is 0 Å². The highest BCUT2D eigenvalue weighted by Gasteiger charge is 2.34. The van der Waals surface area contributed by atoms with Gasteiger partial charge in [-0.2, -0.15) is 0 Å². The molecule has 1 heterocycles. The van der Waals surface area contributed by atoms with Crippen LogP contribution in [0.25, 0.3) is 0 Å². The zero-order valence-corrected chi connectivity index (χ0v) is 12.2. The maximum atomic E-state index is 14.4. The lowest BCUT2D eigenvalue weighted by atomic mass is 9.78. The minimum Gasteiger partial charge on any atom is -0.389 e. The number of piperidine rings is 1. The monoisotopic (exact) mass is 277 g/mol. The Morgan fingerprint density at radius 3 is 2.70 bits per heavy atom. The summed E-state index contributed by atoms with van der Waals surface area (Å²) in [5.74, 6) is 0.558. The van der Waals surface area contributed by atoms with E-state index in [0.717, 1.165) is 18.2 Å². The van der Waals surface area contributed by atoms with Gasteiger partial charge in [0, 0.05) is 12.6 Å². The molecule has 1 aliphatic heterocycles. The van der Waals surface area contributed by atoms with Crippen LogP contribution >= 0.6 is 0 Å². The molecule has 2 unspecified atom stereocenters. The predicted octanol–water partition coefficient (Wildman–Crippen LogP) is 4.04. The first kappa shape index (κ1) is 13.9. The largest absolute Gasteiger partial charge is 0.389 e. The van der Waals surface area contributed by atoms with Gasteiger partial charge in [-0.15, -0.1) is 0 Å². The normalized spacial score (nSPS) is 28.1. The molecular formula is C17H24FNO. The third-order valence-corrected chi connectivity index (χ3v) is 5.01. The van der Waals surface area contributed by atoms with E-state index in [1.165, 1.54) is 44.6 Å². The number of rotatable bonds is 2. The molecule has 3 rings (SSSR count). The number of halogens is 1. The van der Waals surface area contributed by atoms with Gasteiger partial charge >= 0.3 is 0 Å². The Balaban J connectivity index is 1.87. The number of aliphatic hydroxyl groups is 1. The summed E-state index contributed by atoms with van der Waals surface area (Å²) in [6, 6.07) is 5.72. The summed E-state index contributed by atoms with van der Waals surface area (Å²) in [6.45, 7) is 2.64. The van der Waals surface area contributed by atoms with Gasteiger partial charge in [-0.25, -0.2) is 4.39 Å². The summed E-state index contributed by atoms with van der Waals surface area (Å²) in [6.07, 6.45) is 6.95. The van der Waals surface area contributed by atoms with Crippen LogP contribution in [0.5, 0.6) is 0 Å². The van der Waals surface area contributed by atoms with Crippen molar-refractivity contribution in [3.8, 4) is 0 Å². The fourth-order valence-corrected chi connectivity index (χ4v) is 3.94. The van der Waals surface area contributed by atoms with Crippen LogP contribution in [0.15, 0.2) is 18.2 Å². The molecule has 2 fully saturated rings. The summed E-state index contributed by atoms with van der Waals surface area (Å²) in [4.78, 5) is 2.29. The Bertz CT molecular complexity index is 472. The van der Waals surface area contributed by atoms with Gasteiger partial charge in [0.25, 0.3) is 0 Å². The smallest absolute Gasteiger partial charge is 0.146 e. The van der Waals surface area contributed by atoms with Crippen LogP contribution in [0.1, 0.15) is 57.1 Å². The lowest BCUT2D eigenvalue weighted by Crippen LogP contribution is -2.47. The average Bonchev–Trinajstić information content (AvgIpc) is 2.46. The number of anilines is 1. The molecule has 1 saturated heterocycles. The van der Waals surface area contributed by atoms with E-state index in [1.807, 2.05) is 12.1 Å². The molecule has 1 aliphatic carbocycles. The third-order valence-electron chi connectivity index (χ3n) is 5.01. The molecular weight excluding hydrogens is 253 g/mol. The Morgan fingerprint density at radius 1 is 1.20 bits per heavy atom. The number of hydrogen-bond donors (Lipinski definition) is 1. The molecule has 1 aromatic carbocycles. The second-order valence-electron chi connectivity index (χ2n) is 6.33. The molecule has 1 N–H and O–H groups in total. The first-order valence-electron chi connectivity index (χ1n) is 7.91. The summed E-state index contributed by atoms with van der Waals surface area (Å²) >= 11 is 0. The maximum absolute atomic E-state index is 14.4. The summed E-state index contributed by atoms with van der Waals surface area (Å²) in [5, 5.41) is 9.56. The minimum atomic E-state index is -0.609. The lowest BCUT2D eigenvalue weighted by molar-refractivity contribution is 0.198. The highest BCUT2D eigenvalue weighted by molar-refractivity contribution is 5.51. The van der Waals surface area contributed by atoms with E-state index in [9.17, 15) is 9.50 Å². The second-order valence-corrected chi connectivity index (χ2v) is 6.33. The molecule has 0 bridgehead atoms. The van der Waals surface area contributed by atoms with Gasteiger partial charge in [0.15, 0.2) is 0 Å². The van der Waals surface area contributed by atoms with E-state index in [-0.39, 0.29) is 5.82 Å². The van der Waals surface area contributed by atoms with Crippen LogP contribution in [0.3, 0.4) is 0 Å². The first-order valence-corrected chi connectivity index (χ1v) is 7.91. The fraction of sp³-hybridized carbons (Fsp3) is 0.647. The second kappa shape index (κ2) is 5.72. The SMILES string of the molecule is C[C@@H](O)c1ccc(N2CCCC3CCCCC32)c(F)c1. The van der Waals surface area contributed by atoms with Gasteiger partial charge < -0.3 is 10.0 Å². The molecule has 0 spiro atoms. The van der Waals surface area contributed by atoms with E-state index in [1.54, 1.807) is 6.92 Å². The van der Waals surface area contributed by atoms with Gasteiger partial charge in [0.05, 0.1) is 11.8 Å². The van der Waals surface area contributed by atoms with Crippen LogP contribution in [0, 0.1) is 11.7 Å². The van der Waals surface area contributed by atoms with E-state index in [0.29, 0.717) is 11.6 Å². The topological polar surface area (TPSA) is 23.5 Å². The van der Waals surface area contributed by atoms with E-state index < -0.39 is 6.10 Å². The highest BCUT2D eigenvalue weighted by Crippen LogP contribution is 2.38. The number of aliphatic hydroxyl groups excluding tert-OH is 1. The molecule has 2 nitrogen and oxygen atoms in total. The molecule has 0 aromatic heterocycles. The molecule has 1 saturated carbocycles. The van der Waals surface area contributed by atoms with Crippen LogP contribution in [-0.4, -0.2) is 17.7 Å². The molecule has 1 aromatic rings. The third kappa shape index (κ3) is 2.56. The number of fused-ring (bicyclic) bond motifs is 1. The van der Waals surface area contributed by atoms with Crippen molar-refractivity contribution in [2.75, 3.05) is 11.4 Å². The van der Waals surface area contributed by atoms with E-state index in [4.69, 9.17) is 0 Å². The van der Waals surface area contributed by atoms with Gasteiger partial charge in [-0.1, -0.05) is 18.9 Å².